The highest BCUT2D eigenvalue weighted by Crippen LogP contribution is 2.33. The monoisotopic (exact) mass is 543 g/mol. The first-order chi connectivity index (χ1) is 14.3. The maximum atomic E-state index is 12.6. The zero-order chi connectivity index (χ0) is 22.3. The molecule has 2 aromatic carbocycles. The summed E-state index contributed by atoms with van der Waals surface area (Å²) < 4.78 is 11.5. The molecule has 7 nitrogen and oxygen atoms in total. The maximum Gasteiger partial charge on any atom is 0.262 e. The average molecular weight is 544 g/mol. The molecule has 0 saturated heterocycles. The molecule has 2 N–H and O–H groups in total. The van der Waals surface area contributed by atoms with Crippen molar-refractivity contribution in [3.8, 4) is 11.5 Å². The van der Waals surface area contributed by atoms with Crippen molar-refractivity contribution in [3.05, 3.63) is 56.1 Å². The number of ether oxygens (including phenoxy) is 2. The second-order valence-corrected chi connectivity index (χ2v) is 8.27. The minimum Gasteiger partial charge on any atom is -0.493 e. The van der Waals surface area contributed by atoms with Crippen LogP contribution in [0.15, 0.2) is 41.5 Å². The summed E-state index contributed by atoms with van der Waals surface area (Å²) in [6.07, 6.45) is 1.50. The highest BCUT2D eigenvalue weighted by molar-refractivity contribution is 14.1. The molecule has 0 saturated carbocycles. The molecule has 0 radical (unpaired) electrons. The van der Waals surface area contributed by atoms with Gasteiger partial charge in [-0.3, -0.25) is 9.59 Å². The van der Waals surface area contributed by atoms with Crippen molar-refractivity contribution in [1.82, 2.24) is 10.7 Å². The van der Waals surface area contributed by atoms with E-state index in [9.17, 15) is 9.59 Å². The number of benzene rings is 2. The number of amides is 2. The first kappa shape index (κ1) is 23.9. The van der Waals surface area contributed by atoms with Crippen molar-refractivity contribution in [2.75, 3.05) is 14.2 Å². The van der Waals surface area contributed by atoms with E-state index in [2.05, 4.69) is 38.4 Å². The third-order valence-corrected chi connectivity index (χ3v) is 5.24. The Bertz CT molecular complexity index is 933. The first-order valence-corrected chi connectivity index (χ1v) is 10.5. The zero-order valence-corrected chi connectivity index (χ0v) is 19.9. The van der Waals surface area contributed by atoms with Crippen LogP contribution < -0.4 is 20.2 Å². The topological polar surface area (TPSA) is 89.0 Å². The van der Waals surface area contributed by atoms with Gasteiger partial charge in [0.2, 0.25) is 0 Å². The molecule has 0 aliphatic carbocycles. The van der Waals surface area contributed by atoms with Gasteiger partial charge >= 0.3 is 0 Å². The minimum atomic E-state index is -0.754. The van der Waals surface area contributed by atoms with E-state index in [-0.39, 0.29) is 11.8 Å². The van der Waals surface area contributed by atoms with Crippen LogP contribution in [0.2, 0.25) is 5.02 Å². The summed E-state index contributed by atoms with van der Waals surface area (Å²) in [4.78, 5) is 25.0. The molecule has 1 atom stereocenters. The summed E-state index contributed by atoms with van der Waals surface area (Å²) in [7, 11) is 3.12. The lowest BCUT2D eigenvalue weighted by Gasteiger charge is -2.20. The van der Waals surface area contributed by atoms with Gasteiger partial charge in [0.1, 0.15) is 6.04 Å². The van der Waals surface area contributed by atoms with Crippen molar-refractivity contribution in [2.24, 2.45) is 11.0 Å². The van der Waals surface area contributed by atoms with Crippen LogP contribution in [0.4, 0.5) is 0 Å². The lowest BCUT2D eigenvalue weighted by molar-refractivity contribution is -0.123. The standard InChI is InChI=1S/C21H23ClIN3O4/c1-12(2)18(25-20(27)14-5-7-15(22)8-6-14)21(28)26-24-11-13-9-16(23)19(30-4)17(10-13)29-3/h5-12,18H,1-4H3,(H,25,27)(H,26,28)/b24-11+. The van der Waals surface area contributed by atoms with Crippen LogP contribution in [-0.4, -0.2) is 38.3 Å². The Morgan fingerprint density at radius 2 is 1.80 bits per heavy atom. The van der Waals surface area contributed by atoms with Crippen molar-refractivity contribution >= 4 is 52.2 Å². The van der Waals surface area contributed by atoms with E-state index < -0.39 is 11.9 Å². The van der Waals surface area contributed by atoms with Crippen LogP contribution in [0.3, 0.4) is 0 Å². The van der Waals surface area contributed by atoms with Gasteiger partial charge in [0.15, 0.2) is 11.5 Å². The van der Waals surface area contributed by atoms with Gasteiger partial charge in [0, 0.05) is 10.6 Å². The Hall–Kier alpha value is -2.33. The van der Waals surface area contributed by atoms with E-state index in [0.29, 0.717) is 22.1 Å². The van der Waals surface area contributed by atoms with E-state index in [1.165, 1.54) is 6.21 Å². The van der Waals surface area contributed by atoms with Gasteiger partial charge in [-0.15, -0.1) is 0 Å². The Morgan fingerprint density at radius 1 is 1.13 bits per heavy atom. The summed E-state index contributed by atoms with van der Waals surface area (Å²) in [6.45, 7) is 3.68. The van der Waals surface area contributed by atoms with Crippen LogP contribution in [0, 0.1) is 9.49 Å². The summed E-state index contributed by atoms with van der Waals surface area (Å²) in [5.41, 5.74) is 3.63. The fourth-order valence-electron chi connectivity index (χ4n) is 2.61. The van der Waals surface area contributed by atoms with E-state index in [0.717, 1.165) is 9.13 Å². The normalized spacial score (nSPS) is 12.0. The van der Waals surface area contributed by atoms with Gasteiger partial charge in [-0.05, 0) is 70.5 Å². The third-order valence-electron chi connectivity index (χ3n) is 4.19. The lowest BCUT2D eigenvalue weighted by Crippen LogP contribution is -2.48. The first-order valence-electron chi connectivity index (χ1n) is 9.07. The molecular formula is C21H23ClIN3O4. The smallest absolute Gasteiger partial charge is 0.262 e. The molecular weight excluding hydrogens is 521 g/mol. The fraction of sp³-hybridized carbons (Fsp3) is 0.286. The van der Waals surface area contributed by atoms with E-state index in [1.54, 1.807) is 44.6 Å². The number of halogens is 2. The molecule has 30 heavy (non-hydrogen) atoms. The van der Waals surface area contributed by atoms with Crippen molar-refractivity contribution < 1.29 is 19.1 Å². The van der Waals surface area contributed by atoms with Gasteiger partial charge < -0.3 is 14.8 Å². The quantitative estimate of drug-likeness (QED) is 0.301. The highest BCUT2D eigenvalue weighted by atomic mass is 127. The second-order valence-electron chi connectivity index (χ2n) is 6.67. The Kier molecular flexibility index (Phi) is 8.91. The van der Waals surface area contributed by atoms with E-state index in [1.807, 2.05) is 19.9 Å². The SMILES string of the molecule is COc1cc(/C=N/NC(=O)C(NC(=O)c2ccc(Cl)cc2)C(C)C)cc(I)c1OC. The number of methoxy groups -OCH3 is 2. The largest absolute Gasteiger partial charge is 0.493 e. The zero-order valence-electron chi connectivity index (χ0n) is 17.0. The van der Waals surface area contributed by atoms with Gasteiger partial charge in [-0.25, -0.2) is 5.43 Å². The molecule has 2 aromatic rings. The predicted molar refractivity (Wildman–Crippen MR) is 126 cm³/mol. The van der Waals surface area contributed by atoms with Gasteiger partial charge in [-0.1, -0.05) is 25.4 Å². The molecule has 2 amide bonds. The number of nitrogens with zero attached hydrogens (tertiary/aromatic N) is 1. The molecule has 0 aliphatic heterocycles. The number of nitrogens with one attached hydrogen (secondary N) is 2. The van der Waals surface area contributed by atoms with E-state index in [4.69, 9.17) is 21.1 Å². The number of hydrogen-bond donors (Lipinski definition) is 2. The molecule has 0 aliphatic rings. The van der Waals surface area contributed by atoms with Crippen LogP contribution in [0.25, 0.3) is 0 Å². The minimum absolute atomic E-state index is 0.140. The fourth-order valence-corrected chi connectivity index (χ4v) is 3.58. The predicted octanol–water partition coefficient (Wildman–Crippen LogP) is 3.87. The average Bonchev–Trinajstić information content (AvgIpc) is 2.71. The Morgan fingerprint density at radius 3 is 2.37 bits per heavy atom. The van der Waals surface area contributed by atoms with Crippen molar-refractivity contribution in [2.45, 2.75) is 19.9 Å². The molecule has 160 valence electrons. The number of rotatable bonds is 8. The third kappa shape index (κ3) is 6.33. The van der Waals surface area contributed by atoms with Crippen LogP contribution >= 0.6 is 34.2 Å². The van der Waals surface area contributed by atoms with Crippen LogP contribution in [-0.2, 0) is 4.79 Å². The summed E-state index contributed by atoms with van der Waals surface area (Å²) in [6, 6.07) is 9.29. The van der Waals surface area contributed by atoms with Gasteiger partial charge in [0.05, 0.1) is 24.0 Å². The molecule has 0 spiro atoms. The molecule has 0 bridgehead atoms. The second kappa shape index (κ2) is 11.2. The summed E-state index contributed by atoms with van der Waals surface area (Å²) in [5, 5.41) is 7.28. The maximum absolute atomic E-state index is 12.6. The number of carbonyl (C=O) groups is 2. The van der Waals surface area contributed by atoms with Crippen molar-refractivity contribution in [3.63, 3.8) is 0 Å². The highest BCUT2D eigenvalue weighted by Gasteiger charge is 2.24. The summed E-state index contributed by atoms with van der Waals surface area (Å²) >= 11 is 7.98. The van der Waals surface area contributed by atoms with Crippen LogP contribution in [0.5, 0.6) is 11.5 Å². The number of hydrogen-bond acceptors (Lipinski definition) is 5. The Balaban J connectivity index is 2.07. The lowest BCUT2D eigenvalue weighted by atomic mass is 10.0. The van der Waals surface area contributed by atoms with E-state index >= 15 is 0 Å². The van der Waals surface area contributed by atoms with Crippen LogP contribution in [0.1, 0.15) is 29.8 Å². The molecule has 2 rings (SSSR count). The molecule has 9 heteroatoms. The molecule has 0 aromatic heterocycles. The van der Waals surface area contributed by atoms with Crippen molar-refractivity contribution in [1.29, 1.82) is 0 Å². The molecule has 0 fully saturated rings. The van der Waals surface area contributed by atoms with Gasteiger partial charge in [0.25, 0.3) is 11.8 Å². The van der Waals surface area contributed by atoms with Gasteiger partial charge in [-0.2, -0.15) is 5.10 Å². The number of carbonyl (C=O) groups excluding carboxylic acids is 2. The number of hydrazone groups is 1. The summed E-state index contributed by atoms with van der Waals surface area (Å²) in [5.74, 6) is 0.271. The molecule has 1 unspecified atom stereocenters. The molecule has 0 heterocycles. The Labute approximate surface area is 194 Å².